The average molecular weight is 289 g/mol. The molecule has 0 aromatic rings. The van der Waals surface area contributed by atoms with Gasteiger partial charge in [-0.25, -0.2) is 0 Å². The van der Waals surface area contributed by atoms with Gasteiger partial charge in [0.15, 0.2) is 0 Å². The lowest BCUT2D eigenvalue weighted by atomic mass is 9.99. The van der Waals surface area contributed by atoms with E-state index < -0.39 is 51.8 Å². The number of nitro groups is 3. The first-order valence-corrected chi connectivity index (χ1v) is 4.43. The highest BCUT2D eigenvalue weighted by molar-refractivity contribution is 5.53. The lowest BCUT2D eigenvalue weighted by Gasteiger charge is -2.14. The first-order chi connectivity index (χ1) is 8.47. The molecule has 19 heavy (non-hydrogen) atoms. The van der Waals surface area contributed by atoms with Gasteiger partial charge in [0.1, 0.15) is 22.6 Å². The van der Waals surface area contributed by atoms with Crippen LogP contribution in [0.3, 0.4) is 0 Å². The van der Waals surface area contributed by atoms with Crippen LogP contribution in [-0.4, -0.2) is 33.0 Å². The summed E-state index contributed by atoms with van der Waals surface area (Å²) in [7, 11) is 0. The molecule has 0 aromatic carbocycles. The molecule has 0 aromatic heterocycles. The van der Waals surface area contributed by atoms with E-state index in [1.165, 1.54) is 0 Å². The van der Waals surface area contributed by atoms with E-state index in [0.29, 0.717) is 0 Å². The van der Waals surface area contributed by atoms with Gasteiger partial charge in [-0.2, -0.15) is 0 Å². The van der Waals surface area contributed by atoms with Gasteiger partial charge in [-0.05, 0) is 0 Å². The number of nitrogens with zero attached hydrogens (tertiary/aromatic N) is 3. The standard InChI is InChI=1S/C6H6F3N3O7/c7-5(8,10(14)15)1-4(3-13)2-6(9,11(16)17)12(18)19/h3-4H,1-2H2. The maximum atomic E-state index is 13.3. The Hall–Kier alpha value is -2.34. The summed E-state index contributed by atoms with van der Waals surface area (Å²) in [6, 6.07) is -4.65. The molecule has 10 nitrogen and oxygen atoms in total. The zero-order valence-electron chi connectivity index (χ0n) is 8.90. The minimum atomic E-state index is -4.65. The van der Waals surface area contributed by atoms with Gasteiger partial charge in [0, 0.05) is 5.92 Å². The van der Waals surface area contributed by atoms with Crippen LogP contribution in [-0.2, 0) is 4.79 Å². The molecular formula is C6H6F3N3O7. The zero-order valence-corrected chi connectivity index (χ0v) is 8.90. The van der Waals surface area contributed by atoms with Gasteiger partial charge >= 0.3 is 12.0 Å². The quantitative estimate of drug-likeness (QED) is 0.209. The molecule has 0 N–H and O–H groups in total. The summed E-state index contributed by atoms with van der Waals surface area (Å²) in [5.41, 5.74) is 0. The van der Waals surface area contributed by atoms with Crippen LogP contribution < -0.4 is 0 Å². The molecule has 108 valence electrons. The molecule has 0 aliphatic carbocycles. The van der Waals surface area contributed by atoms with E-state index in [1.807, 2.05) is 0 Å². The summed E-state index contributed by atoms with van der Waals surface area (Å²) in [5.74, 6) is -6.63. The third kappa shape index (κ3) is 3.82. The Kier molecular flexibility index (Phi) is 4.85. The topological polar surface area (TPSA) is 146 Å². The Bertz CT molecular complexity index is 401. The van der Waals surface area contributed by atoms with Gasteiger partial charge in [-0.3, -0.25) is 30.3 Å². The van der Waals surface area contributed by atoms with Crippen molar-refractivity contribution >= 4 is 6.29 Å². The molecule has 13 heteroatoms. The Morgan fingerprint density at radius 1 is 0.947 bits per heavy atom. The van der Waals surface area contributed by atoms with Crippen LogP contribution in [0.5, 0.6) is 0 Å². The highest BCUT2D eigenvalue weighted by Crippen LogP contribution is 2.30. The third-order valence-corrected chi connectivity index (χ3v) is 2.05. The van der Waals surface area contributed by atoms with Crippen molar-refractivity contribution in [3.8, 4) is 0 Å². The van der Waals surface area contributed by atoms with Crippen LogP contribution in [0.1, 0.15) is 12.8 Å². The van der Waals surface area contributed by atoms with E-state index in [0.717, 1.165) is 0 Å². The number of hydrogen-bond donors (Lipinski definition) is 0. The second-order valence-electron chi connectivity index (χ2n) is 3.46. The van der Waals surface area contributed by atoms with Gasteiger partial charge in [0.05, 0.1) is 11.3 Å². The Balaban J connectivity index is 5.11. The summed E-state index contributed by atoms with van der Waals surface area (Å²) in [5, 5.41) is 30.2. The molecule has 0 amide bonds. The molecule has 0 saturated carbocycles. The number of halogens is 3. The van der Waals surface area contributed by atoms with Crippen molar-refractivity contribution in [1.29, 1.82) is 0 Å². The Morgan fingerprint density at radius 3 is 1.63 bits per heavy atom. The van der Waals surface area contributed by atoms with E-state index in [1.54, 1.807) is 0 Å². The molecule has 0 saturated heterocycles. The molecule has 1 atom stereocenters. The molecule has 1 unspecified atom stereocenters. The van der Waals surface area contributed by atoms with Crippen molar-refractivity contribution in [1.82, 2.24) is 0 Å². The first-order valence-electron chi connectivity index (χ1n) is 4.43. The minimum Gasteiger partial charge on any atom is -0.303 e. The van der Waals surface area contributed by atoms with E-state index in [9.17, 15) is 48.3 Å². The fourth-order valence-electron chi connectivity index (χ4n) is 1.11. The maximum Gasteiger partial charge on any atom is 0.614 e. The van der Waals surface area contributed by atoms with Gasteiger partial charge in [0.2, 0.25) is 0 Å². The predicted octanol–water partition coefficient (Wildman–Crippen LogP) is 0.628. The number of carbonyl (C=O) groups is 1. The monoisotopic (exact) mass is 289 g/mol. The van der Waals surface area contributed by atoms with Crippen molar-refractivity contribution in [2.24, 2.45) is 5.92 Å². The normalized spacial score (nSPS) is 13.6. The van der Waals surface area contributed by atoms with Crippen LogP contribution in [0.4, 0.5) is 13.2 Å². The Labute approximate surface area is 101 Å². The molecule has 0 radical (unpaired) electrons. The lowest BCUT2D eigenvalue weighted by molar-refractivity contribution is -0.833. The van der Waals surface area contributed by atoms with Crippen molar-refractivity contribution < 1.29 is 32.7 Å². The van der Waals surface area contributed by atoms with Crippen molar-refractivity contribution in [3.63, 3.8) is 0 Å². The molecule has 0 bridgehead atoms. The fourth-order valence-corrected chi connectivity index (χ4v) is 1.11. The number of carbonyl (C=O) groups excluding carboxylic acids is 1. The molecule has 0 fully saturated rings. The van der Waals surface area contributed by atoms with Crippen LogP contribution in [0.15, 0.2) is 0 Å². The van der Waals surface area contributed by atoms with Crippen molar-refractivity contribution in [2.45, 2.75) is 24.8 Å². The molecular weight excluding hydrogens is 283 g/mol. The Morgan fingerprint density at radius 2 is 1.37 bits per heavy atom. The number of rotatable bonds is 8. The average Bonchev–Trinajstić information content (AvgIpc) is 2.26. The minimum absolute atomic E-state index is 0.432. The summed E-state index contributed by atoms with van der Waals surface area (Å²) >= 11 is 0. The van der Waals surface area contributed by atoms with Crippen LogP contribution >= 0.6 is 0 Å². The first kappa shape index (κ1) is 16.7. The van der Waals surface area contributed by atoms with Crippen LogP contribution in [0.25, 0.3) is 0 Å². The molecule has 0 aliphatic rings. The second kappa shape index (κ2) is 5.53. The summed E-state index contributed by atoms with van der Waals surface area (Å²) in [6.07, 6.45) is -4.14. The third-order valence-electron chi connectivity index (χ3n) is 2.05. The summed E-state index contributed by atoms with van der Waals surface area (Å²) < 4.78 is 38.6. The molecule has 0 aliphatic heterocycles. The van der Waals surface area contributed by atoms with E-state index >= 15 is 0 Å². The van der Waals surface area contributed by atoms with Crippen molar-refractivity contribution in [3.05, 3.63) is 30.3 Å². The summed E-state index contributed by atoms with van der Waals surface area (Å²) in [6.45, 7) is 0. The summed E-state index contributed by atoms with van der Waals surface area (Å²) in [4.78, 5) is 34.5. The maximum absolute atomic E-state index is 13.3. The number of hydrogen-bond acceptors (Lipinski definition) is 7. The number of alkyl halides is 3. The predicted molar refractivity (Wildman–Crippen MR) is 48.6 cm³/mol. The van der Waals surface area contributed by atoms with E-state index in [4.69, 9.17) is 0 Å². The second-order valence-corrected chi connectivity index (χ2v) is 3.46. The molecule has 0 rings (SSSR count). The highest BCUT2D eigenvalue weighted by Gasteiger charge is 2.61. The molecule has 0 heterocycles. The number of aldehydes is 1. The van der Waals surface area contributed by atoms with Crippen LogP contribution in [0.2, 0.25) is 0 Å². The largest absolute Gasteiger partial charge is 0.614 e. The van der Waals surface area contributed by atoms with E-state index in [-0.39, 0.29) is 0 Å². The van der Waals surface area contributed by atoms with Gasteiger partial charge in [-0.1, -0.05) is 4.39 Å². The van der Waals surface area contributed by atoms with Crippen LogP contribution in [0, 0.1) is 36.3 Å². The lowest BCUT2D eigenvalue weighted by Crippen LogP contribution is -2.44. The van der Waals surface area contributed by atoms with Gasteiger partial charge in [-0.15, -0.1) is 8.78 Å². The van der Waals surface area contributed by atoms with Gasteiger partial charge in [0.25, 0.3) is 0 Å². The van der Waals surface area contributed by atoms with E-state index in [2.05, 4.69) is 0 Å². The smallest absolute Gasteiger partial charge is 0.303 e. The highest BCUT2D eigenvalue weighted by atomic mass is 19.3. The molecule has 0 spiro atoms. The van der Waals surface area contributed by atoms with Crippen molar-refractivity contribution in [2.75, 3.05) is 0 Å². The SMILES string of the molecule is O=CC(CC(F)(F)[N+](=O)[O-])CC(F)([N+](=O)[O-])[N+](=O)[O-]. The fraction of sp³-hybridized carbons (Fsp3) is 0.833. The van der Waals surface area contributed by atoms with Gasteiger partial charge < -0.3 is 4.79 Å². The zero-order chi connectivity index (χ0) is 15.4.